The van der Waals surface area contributed by atoms with Crippen LogP contribution in [0.25, 0.3) is 0 Å². The molecule has 78 valence electrons. The van der Waals surface area contributed by atoms with Crippen LogP contribution in [0.5, 0.6) is 0 Å². The molecule has 2 atom stereocenters. The minimum absolute atomic E-state index is 0.671. The predicted octanol–water partition coefficient (Wildman–Crippen LogP) is 2.41. The third-order valence-corrected chi connectivity index (χ3v) is 3.24. The van der Waals surface area contributed by atoms with Crippen LogP contribution < -0.4 is 5.32 Å². The lowest BCUT2D eigenvalue weighted by Gasteiger charge is -2.19. The summed E-state index contributed by atoms with van der Waals surface area (Å²) in [5.41, 5.74) is 1.16. The Balaban J connectivity index is 1.96. The van der Waals surface area contributed by atoms with E-state index in [2.05, 4.69) is 17.3 Å². The molecular weight excluding hydrogens is 174 g/mol. The fourth-order valence-corrected chi connectivity index (χ4v) is 2.43. The summed E-state index contributed by atoms with van der Waals surface area (Å²) in [4.78, 5) is 0. The zero-order valence-corrected chi connectivity index (χ0v) is 9.03. The second kappa shape index (κ2) is 4.03. The van der Waals surface area contributed by atoms with Gasteiger partial charge in [-0.05, 0) is 18.8 Å². The highest BCUT2D eigenvalue weighted by atomic mass is 15.3. The van der Waals surface area contributed by atoms with E-state index in [1.165, 1.54) is 25.7 Å². The Morgan fingerprint density at radius 3 is 3.07 bits per heavy atom. The van der Waals surface area contributed by atoms with Gasteiger partial charge in [-0.25, -0.2) is 0 Å². The van der Waals surface area contributed by atoms with Crippen molar-refractivity contribution in [1.82, 2.24) is 9.78 Å². The molecule has 1 aromatic heterocycles. The van der Waals surface area contributed by atoms with Crippen LogP contribution in [0.1, 0.15) is 32.6 Å². The molecule has 3 heteroatoms. The molecule has 14 heavy (non-hydrogen) atoms. The first-order valence-electron chi connectivity index (χ1n) is 5.54. The number of rotatable bonds is 3. The monoisotopic (exact) mass is 193 g/mol. The van der Waals surface area contributed by atoms with Gasteiger partial charge in [0.05, 0.1) is 11.9 Å². The van der Waals surface area contributed by atoms with Crippen LogP contribution in [0.15, 0.2) is 12.4 Å². The van der Waals surface area contributed by atoms with Crippen LogP contribution >= 0.6 is 0 Å². The van der Waals surface area contributed by atoms with Gasteiger partial charge in [0.2, 0.25) is 0 Å². The number of aromatic nitrogens is 2. The Kier molecular flexibility index (Phi) is 2.75. The Labute approximate surface area is 85.5 Å². The first-order valence-corrected chi connectivity index (χ1v) is 5.54. The van der Waals surface area contributed by atoms with Gasteiger partial charge in [0.15, 0.2) is 0 Å². The van der Waals surface area contributed by atoms with Crippen molar-refractivity contribution in [2.45, 2.75) is 38.6 Å². The van der Waals surface area contributed by atoms with E-state index in [1.54, 1.807) is 0 Å². The van der Waals surface area contributed by atoms with Gasteiger partial charge >= 0.3 is 0 Å². The molecule has 0 aromatic carbocycles. The summed E-state index contributed by atoms with van der Waals surface area (Å²) in [5.74, 6) is 0.857. The molecule has 0 bridgehead atoms. The molecule has 1 N–H and O–H groups in total. The molecule has 1 aliphatic carbocycles. The summed E-state index contributed by atoms with van der Waals surface area (Å²) in [5, 5.41) is 7.74. The second-order valence-corrected chi connectivity index (χ2v) is 4.25. The fraction of sp³-hybridized carbons (Fsp3) is 0.727. The van der Waals surface area contributed by atoms with Crippen molar-refractivity contribution in [1.29, 1.82) is 0 Å². The second-order valence-electron chi connectivity index (χ2n) is 4.25. The van der Waals surface area contributed by atoms with E-state index in [4.69, 9.17) is 0 Å². The van der Waals surface area contributed by atoms with Crippen LogP contribution in [0.2, 0.25) is 0 Å². The fourth-order valence-electron chi connectivity index (χ4n) is 2.43. The summed E-state index contributed by atoms with van der Waals surface area (Å²) < 4.78 is 1.85. The van der Waals surface area contributed by atoms with E-state index >= 15 is 0 Å². The van der Waals surface area contributed by atoms with Crippen LogP contribution in [0.4, 0.5) is 5.69 Å². The number of anilines is 1. The van der Waals surface area contributed by atoms with E-state index in [-0.39, 0.29) is 0 Å². The highest BCUT2D eigenvalue weighted by Crippen LogP contribution is 2.30. The Hall–Kier alpha value is -0.990. The molecule has 0 saturated heterocycles. The number of nitrogens with zero attached hydrogens (tertiary/aromatic N) is 2. The third kappa shape index (κ3) is 1.91. The molecule has 3 nitrogen and oxygen atoms in total. The summed E-state index contributed by atoms with van der Waals surface area (Å²) in [6.07, 6.45) is 9.31. The van der Waals surface area contributed by atoms with Crippen molar-refractivity contribution in [3.05, 3.63) is 12.4 Å². The maximum absolute atomic E-state index is 4.16. The van der Waals surface area contributed by atoms with Gasteiger partial charge in [-0.3, -0.25) is 4.68 Å². The number of nitrogens with one attached hydrogen (secondary N) is 1. The molecule has 0 amide bonds. The first-order chi connectivity index (χ1) is 6.79. The maximum Gasteiger partial charge on any atom is 0.0728 e. The lowest BCUT2D eigenvalue weighted by atomic mass is 10.0. The van der Waals surface area contributed by atoms with Crippen molar-refractivity contribution in [2.24, 2.45) is 13.0 Å². The summed E-state index contributed by atoms with van der Waals surface area (Å²) in [6, 6.07) is 0.671. The van der Waals surface area contributed by atoms with Crippen molar-refractivity contribution >= 4 is 5.69 Å². The van der Waals surface area contributed by atoms with Gasteiger partial charge in [-0.15, -0.1) is 0 Å². The molecule has 2 rings (SSSR count). The molecule has 0 aliphatic heterocycles. The highest BCUT2D eigenvalue weighted by molar-refractivity contribution is 5.39. The number of hydrogen-bond acceptors (Lipinski definition) is 2. The Morgan fingerprint density at radius 2 is 2.43 bits per heavy atom. The standard InChI is InChI=1S/C11H19N3/c1-3-9-5-4-6-11(9)13-10-7-12-14(2)8-10/h7-9,11,13H,3-6H2,1-2H3. The van der Waals surface area contributed by atoms with E-state index in [1.807, 2.05) is 24.1 Å². The average Bonchev–Trinajstić information content (AvgIpc) is 2.76. The van der Waals surface area contributed by atoms with Gasteiger partial charge < -0.3 is 5.32 Å². The van der Waals surface area contributed by atoms with E-state index in [9.17, 15) is 0 Å². The largest absolute Gasteiger partial charge is 0.379 e. The molecule has 0 radical (unpaired) electrons. The van der Waals surface area contributed by atoms with Gasteiger partial charge in [-0.2, -0.15) is 5.10 Å². The lowest BCUT2D eigenvalue weighted by molar-refractivity contribution is 0.489. The third-order valence-electron chi connectivity index (χ3n) is 3.24. The van der Waals surface area contributed by atoms with Gasteiger partial charge in [0, 0.05) is 19.3 Å². The lowest BCUT2D eigenvalue weighted by Crippen LogP contribution is -2.23. The van der Waals surface area contributed by atoms with Gasteiger partial charge in [-0.1, -0.05) is 19.8 Å². The summed E-state index contributed by atoms with van der Waals surface area (Å²) in [7, 11) is 1.96. The molecule has 1 fully saturated rings. The van der Waals surface area contributed by atoms with Crippen molar-refractivity contribution in [3.63, 3.8) is 0 Å². The summed E-state index contributed by atoms with van der Waals surface area (Å²) in [6.45, 7) is 2.29. The molecule has 1 heterocycles. The van der Waals surface area contributed by atoms with E-state index in [0.29, 0.717) is 6.04 Å². The number of aryl methyl sites for hydroxylation is 1. The average molecular weight is 193 g/mol. The van der Waals surface area contributed by atoms with Crippen molar-refractivity contribution in [3.8, 4) is 0 Å². The molecule has 2 unspecified atom stereocenters. The van der Waals surface area contributed by atoms with Crippen LogP contribution in [0.3, 0.4) is 0 Å². The normalized spacial score (nSPS) is 26.7. The quantitative estimate of drug-likeness (QED) is 0.799. The SMILES string of the molecule is CCC1CCCC1Nc1cnn(C)c1. The Bertz CT molecular complexity index is 292. The van der Waals surface area contributed by atoms with Crippen LogP contribution in [-0.2, 0) is 7.05 Å². The molecular formula is C11H19N3. The minimum atomic E-state index is 0.671. The van der Waals surface area contributed by atoms with Crippen LogP contribution in [-0.4, -0.2) is 15.8 Å². The molecule has 1 aliphatic rings. The predicted molar refractivity (Wildman–Crippen MR) is 58.3 cm³/mol. The zero-order chi connectivity index (χ0) is 9.97. The van der Waals surface area contributed by atoms with Crippen molar-refractivity contribution in [2.75, 3.05) is 5.32 Å². The maximum atomic E-state index is 4.16. The smallest absolute Gasteiger partial charge is 0.0728 e. The Morgan fingerprint density at radius 1 is 1.57 bits per heavy atom. The molecule has 1 saturated carbocycles. The molecule has 0 spiro atoms. The van der Waals surface area contributed by atoms with Crippen LogP contribution in [0, 0.1) is 5.92 Å². The number of hydrogen-bond donors (Lipinski definition) is 1. The molecule has 1 aromatic rings. The van der Waals surface area contributed by atoms with E-state index in [0.717, 1.165) is 11.6 Å². The van der Waals surface area contributed by atoms with Gasteiger partial charge in [0.25, 0.3) is 0 Å². The summed E-state index contributed by atoms with van der Waals surface area (Å²) >= 11 is 0. The first kappa shape index (κ1) is 9.56. The van der Waals surface area contributed by atoms with Gasteiger partial charge in [0.1, 0.15) is 0 Å². The highest BCUT2D eigenvalue weighted by Gasteiger charge is 2.25. The minimum Gasteiger partial charge on any atom is -0.379 e. The topological polar surface area (TPSA) is 29.9 Å². The zero-order valence-electron chi connectivity index (χ0n) is 9.03. The van der Waals surface area contributed by atoms with E-state index < -0.39 is 0 Å². The van der Waals surface area contributed by atoms with Crippen molar-refractivity contribution < 1.29 is 0 Å².